The third-order valence-corrected chi connectivity index (χ3v) is 2.12. The first-order chi connectivity index (χ1) is 7.22. The number of likely N-dealkylation sites (N-methyl/N-ethyl adjacent to an activating group) is 1. The molecule has 0 bridgehead atoms. The molecule has 0 saturated heterocycles. The Labute approximate surface area is 91.5 Å². The Kier molecular flexibility index (Phi) is 4.96. The van der Waals surface area contributed by atoms with Gasteiger partial charge in [-0.25, -0.2) is 0 Å². The Hall–Kier alpha value is -1.24. The molecule has 15 heavy (non-hydrogen) atoms. The monoisotopic (exact) mass is 206 g/mol. The summed E-state index contributed by atoms with van der Waals surface area (Å²) in [6, 6.07) is 4.00. The lowest BCUT2D eigenvalue weighted by Crippen LogP contribution is -2.28. The Balaban J connectivity index is 2.19. The number of furan rings is 1. The molecule has 0 atom stereocenters. The molecular formula is C12H18N2O. The van der Waals surface area contributed by atoms with Gasteiger partial charge in [-0.3, -0.25) is 4.90 Å². The topological polar surface area (TPSA) is 28.4 Å². The first kappa shape index (κ1) is 11.8. The number of rotatable bonds is 6. The highest BCUT2D eigenvalue weighted by Crippen LogP contribution is 2.07. The van der Waals surface area contributed by atoms with Crippen LogP contribution in [0.3, 0.4) is 0 Å². The maximum atomic E-state index is 5.49. The van der Waals surface area contributed by atoms with Gasteiger partial charge in [0, 0.05) is 13.1 Å². The van der Waals surface area contributed by atoms with Gasteiger partial charge in [-0.15, -0.1) is 6.42 Å². The normalized spacial score (nSPS) is 10.5. The van der Waals surface area contributed by atoms with Gasteiger partial charge in [0.2, 0.25) is 0 Å². The van der Waals surface area contributed by atoms with Crippen LogP contribution in [-0.4, -0.2) is 31.6 Å². The molecule has 0 amide bonds. The summed E-state index contributed by atoms with van der Waals surface area (Å²) < 4.78 is 5.49. The maximum Gasteiger partial charge on any atom is 0.118 e. The van der Waals surface area contributed by atoms with Crippen molar-refractivity contribution >= 4 is 0 Å². The highest BCUT2D eigenvalue weighted by atomic mass is 16.3. The minimum atomic E-state index is 0.633. The molecule has 1 aromatic rings. The highest BCUT2D eigenvalue weighted by molar-refractivity contribution is 5.05. The summed E-state index contributed by atoms with van der Waals surface area (Å²) in [5.41, 5.74) is 0. The molecular weight excluding hydrogens is 188 g/mol. The molecule has 1 heterocycles. The first-order valence-corrected chi connectivity index (χ1v) is 5.10. The van der Waals surface area contributed by atoms with Crippen LogP contribution in [-0.2, 0) is 6.54 Å². The fourth-order valence-corrected chi connectivity index (χ4v) is 1.35. The number of hydrogen-bond acceptors (Lipinski definition) is 3. The van der Waals surface area contributed by atoms with Crippen LogP contribution in [0.5, 0.6) is 0 Å². The van der Waals surface area contributed by atoms with Gasteiger partial charge in [-0.2, -0.15) is 0 Å². The van der Waals surface area contributed by atoms with Gasteiger partial charge < -0.3 is 9.73 Å². The number of terminal acetylenes is 1. The summed E-state index contributed by atoms with van der Waals surface area (Å²) in [7, 11) is 2.06. The average Bonchev–Trinajstić information content (AvgIpc) is 2.59. The predicted octanol–water partition coefficient (Wildman–Crippen LogP) is 1.24. The van der Waals surface area contributed by atoms with Crippen molar-refractivity contribution < 1.29 is 4.42 Å². The largest absolute Gasteiger partial charge is 0.465 e. The van der Waals surface area contributed by atoms with E-state index in [-0.39, 0.29) is 0 Å². The van der Waals surface area contributed by atoms with Crippen molar-refractivity contribution in [2.24, 2.45) is 0 Å². The number of nitrogens with one attached hydrogen (secondary N) is 1. The molecule has 0 spiro atoms. The van der Waals surface area contributed by atoms with E-state index in [1.165, 1.54) is 0 Å². The third-order valence-electron chi connectivity index (χ3n) is 2.12. The maximum absolute atomic E-state index is 5.49. The molecule has 1 aromatic heterocycles. The Bertz CT molecular complexity index is 325. The van der Waals surface area contributed by atoms with E-state index in [1.807, 2.05) is 19.1 Å². The van der Waals surface area contributed by atoms with Gasteiger partial charge in [-0.1, -0.05) is 5.92 Å². The molecule has 82 valence electrons. The Morgan fingerprint density at radius 3 is 2.93 bits per heavy atom. The van der Waals surface area contributed by atoms with E-state index in [9.17, 15) is 0 Å². The van der Waals surface area contributed by atoms with Gasteiger partial charge >= 0.3 is 0 Å². The zero-order valence-electron chi connectivity index (χ0n) is 9.42. The van der Waals surface area contributed by atoms with Crippen LogP contribution in [0.2, 0.25) is 0 Å². The SMILES string of the molecule is C#CCNCCN(C)Cc1ccc(C)o1. The fraction of sp³-hybridized carbons (Fsp3) is 0.500. The van der Waals surface area contributed by atoms with Gasteiger partial charge in [0.1, 0.15) is 11.5 Å². The molecule has 0 aliphatic heterocycles. The molecule has 0 unspecified atom stereocenters. The summed E-state index contributed by atoms with van der Waals surface area (Å²) in [5.74, 6) is 4.51. The second-order valence-electron chi connectivity index (χ2n) is 3.63. The first-order valence-electron chi connectivity index (χ1n) is 5.10. The molecule has 3 nitrogen and oxygen atoms in total. The van der Waals surface area contributed by atoms with E-state index in [2.05, 4.69) is 23.2 Å². The molecule has 3 heteroatoms. The summed E-state index contributed by atoms with van der Waals surface area (Å²) in [5, 5.41) is 3.15. The number of nitrogens with zero attached hydrogens (tertiary/aromatic N) is 1. The van der Waals surface area contributed by atoms with Crippen LogP contribution in [0.25, 0.3) is 0 Å². The Morgan fingerprint density at radius 2 is 2.33 bits per heavy atom. The van der Waals surface area contributed by atoms with Crippen molar-refractivity contribution in [3.8, 4) is 12.3 Å². The smallest absolute Gasteiger partial charge is 0.118 e. The minimum absolute atomic E-state index is 0.633. The lowest BCUT2D eigenvalue weighted by molar-refractivity contribution is 0.293. The van der Waals surface area contributed by atoms with Crippen LogP contribution in [0, 0.1) is 19.3 Å². The van der Waals surface area contributed by atoms with Gasteiger partial charge in [-0.05, 0) is 26.1 Å². The zero-order chi connectivity index (χ0) is 11.1. The standard InChI is InChI=1S/C12H18N2O/c1-4-7-13-8-9-14(3)10-12-6-5-11(2)15-12/h1,5-6,13H,7-10H2,2-3H3. The number of hydrogen-bond donors (Lipinski definition) is 1. The Morgan fingerprint density at radius 1 is 1.53 bits per heavy atom. The molecule has 0 aliphatic carbocycles. The van der Waals surface area contributed by atoms with E-state index in [0.717, 1.165) is 31.2 Å². The molecule has 0 aromatic carbocycles. The van der Waals surface area contributed by atoms with Crippen LogP contribution < -0.4 is 5.32 Å². The van der Waals surface area contributed by atoms with Crippen LogP contribution in [0.4, 0.5) is 0 Å². The highest BCUT2D eigenvalue weighted by Gasteiger charge is 2.02. The molecule has 0 aliphatic rings. The quantitative estimate of drug-likeness (QED) is 0.561. The predicted molar refractivity (Wildman–Crippen MR) is 61.5 cm³/mol. The number of aryl methyl sites for hydroxylation is 1. The van der Waals surface area contributed by atoms with Crippen molar-refractivity contribution in [3.05, 3.63) is 23.7 Å². The molecule has 0 fully saturated rings. The molecule has 1 rings (SSSR count). The van der Waals surface area contributed by atoms with Crippen LogP contribution >= 0.6 is 0 Å². The van der Waals surface area contributed by atoms with E-state index in [4.69, 9.17) is 10.8 Å². The summed E-state index contributed by atoms with van der Waals surface area (Å²) in [4.78, 5) is 2.20. The zero-order valence-corrected chi connectivity index (χ0v) is 9.42. The van der Waals surface area contributed by atoms with Crippen molar-refractivity contribution in [1.82, 2.24) is 10.2 Å². The second kappa shape index (κ2) is 6.28. The lowest BCUT2D eigenvalue weighted by Gasteiger charge is -2.14. The average molecular weight is 206 g/mol. The molecule has 1 N–H and O–H groups in total. The third kappa shape index (κ3) is 4.68. The van der Waals surface area contributed by atoms with Crippen molar-refractivity contribution in [1.29, 1.82) is 0 Å². The van der Waals surface area contributed by atoms with Gasteiger partial charge in [0.15, 0.2) is 0 Å². The summed E-state index contributed by atoms with van der Waals surface area (Å²) >= 11 is 0. The van der Waals surface area contributed by atoms with E-state index < -0.39 is 0 Å². The van der Waals surface area contributed by atoms with Crippen LogP contribution in [0.15, 0.2) is 16.5 Å². The van der Waals surface area contributed by atoms with E-state index in [1.54, 1.807) is 0 Å². The summed E-state index contributed by atoms with van der Waals surface area (Å²) in [6.45, 7) is 5.29. The van der Waals surface area contributed by atoms with Crippen molar-refractivity contribution in [2.75, 3.05) is 26.7 Å². The molecule has 0 saturated carbocycles. The minimum Gasteiger partial charge on any atom is -0.465 e. The second-order valence-corrected chi connectivity index (χ2v) is 3.63. The van der Waals surface area contributed by atoms with Crippen molar-refractivity contribution in [2.45, 2.75) is 13.5 Å². The fourth-order valence-electron chi connectivity index (χ4n) is 1.35. The summed E-state index contributed by atoms with van der Waals surface area (Å²) in [6.07, 6.45) is 5.13. The van der Waals surface area contributed by atoms with Gasteiger partial charge in [0.25, 0.3) is 0 Å². The van der Waals surface area contributed by atoms with E-state index in [0.29, 0.717) is 6.54 Å². The molecule has 0 radical (unpaired) electrons. The van der Waals surface area contributed by atoms with Gasteiger partial charge in [0.05, 0.1) is 13.1 Å². The van der Waals surface area contributed by atoms with Crippen molar-refractivity contribution in [3.63, 3.8) is 0 Å². The van der Waals surface area contributed by atoms with Crippen LogP contribution in [0.1, 0.15) is 11.5 Å². The lowest BCUT2D eigenvalue weighted by atomic mass is 10.4. The van der Waals surface area contributed by atoms with E-state index >= 15 is 0 Å².